The van der Waals surface area contributed by atoms with Gasteiger partial charge in [0.25, 0.3) is 17.7 Å². The number of rotatable bonds is 24. The van der Waals surface area contributed by atoms with Crippen LogP contribution in [-0.4, -0.2) is 220 Å². The Hall–Kier alpha value is -14.4. The van der Waals surface area contributed by atoms with Crippen LogP contribution in [0.5, 0.6) is 0 Å². The molecule has 132 heavy (non-hydrogen) atoms. The van der Waals surface area contributed by atoms with Crippen LogP contribution in [0.4, 0.5) is 17.6 Å². The first-order valence-corrected chi connectivity index (χ1v) is 44.5. The molecule has 3 amide bonds. The molecule has 0 radical (unpaired) electrons. The van der Waals surface area contributed by atoms with Crippen molar-refractivity contribution in [1.82, 2.24) is 93.9 Å². The van der Waals surface area contributed by atoms with E-state index in [0.29, 0.717) is 81.8 Å². The lowest BCUT2D eigenvalue weighted by molar-refractivity contribution is 0.0383. The summed E-state index contributed by atoms with van der Waals surface area (Å²) in [7, 11) is 2.15. The third kappa shape index (κ3) is 21.5. The van der Waals surface area contributed by atoms with Gasteiger partial charge in [-0.15, -0.1) is 0 Å². The predicted octanol–water partition coefficient (Wildman–Crippen LogP) is 16.9. The molecule has 4 aromatic carbocycles. The highest BCUT2D eigenvalue weighted by molar-refractivity contribution is 6.04. The van der Waals surface area contributed by atoms with Crippen molar-refractivity contribution >= 4 is 45.8 Å². The molecule has 15 heterocycles. The summed E-state index contributed by atoms with van der Waals surface area (Å²) < 4.78 is 72.4. The molecule has 25 nitrogen and oxygen atoms in total. The van der Waals surface area contributed by atoms with E-state index >= 15 is 0 Å². The molecule has 0 bridgehead atoms. The van der Waals surface area contributed by atoms with Crippen molar-refractivity contribution in [2.24, 2.45) is 0 Å². The van der Waals surface area contributed by atoms with Crippen LogP contribution in [0.2, 0.25) is 0 Å². The number of pyridine rings is 8. The Kier molecular flexibility index (Phi) is 29.3. The third-order valence-corrected chi connectivity index (χ3v) is 24.0. The van der Waals surface area contributed by atoms with E-state index in [4.69, 9.17) is 9.47 Å². The first-order valence-electron chi connectivity index (χ1n) is 44.5. The fourth-order valence-electron chi connectivity index (χ4n) is 16.6. The van der Waals surface area contributed by atoms with E-state index in [2.05, 4.69) is 82.9 Å². The fourth-order valence-corrected chi connectivity index (χ4v) is 16.6. The average Bonchev–Trinajstić information content (AvgIpc) is 1.50. The van der Waals surface area contributed by atoms with Crippen LogP contribution in [0, 0.1) is 51.0 Å². The van der Waals surface area contributed by atoms with E-state index in [1.54, 1.807) is 151 Å². The van der Waals surface area contributed by atoms with E-state index in [0.717, 1.165) is 186 Å². The normalized spacial score (nSPS) is 13.7. The van der Waals surface area contributed by atoms with Crippen LogP contribution < -0.4 is 16.0 Å². The van der Waals surface area contributed by atoms with Crippen LogP contribution >= 0.6 is 0 Å². The number of aromatic nitrogens is 12. The van der Waals surface area contributed by atoms with Gasteiger partial charge >= 0.3 is 5.97 Å². The Balaban J connectivity index is 0.000000129. The van der Waals surface area contributed by atoms with Gasteiger partial charge in [-0.1, -0.05) is 24.3 Å². The van der Waals surface area contributed by atoms with E-state index in [1.807, 2.05) is 116 Å². The molecule has 0 saturated carbocycles. The number of nitrogens with one attached hydrogen (secondary N) is 3. The number of hydrogen-bond donors (Lipinski definition) is 3. The fraction of sp³-hybridized carbons (Fsp3) is 0.262. The van der Waals surface area contributed by atoms with Gasteiger partial charge < -0.3 is 40.1 Å². The maximum Gasteiger partial charge on any atom is 0.341 e. The number of carbonyl (C=O) groups is 4. The molecular formula is C103H103F4N19O6. The minimum Gasteiger partial charge on any atom is -0.462 e. The number of halogens is 4. The van der Waals surface area contributed by atoms with Gasteiger partial charge in [-0.3, -0.25) is 39.2 Å². The number of nitrogens with zero attached hydrogens (tertiary/aromatic N) is 16. The number of fused-ring (bicyclic) bond motifs is 4. The maximum atomic E-state index is 13.8. The van der Waals surface area contributed by atoms with Crippen molar-refractivity contribution in [2.75, 3.05) is 118 Å². The Morgan fingerprint density at radius 1 is 0.364 bits per heavy atom. The largest absolute Gasteiger partial charge is 0.462 e. The van der Waals surface area contributed by atoms with Crippen molar-refractivity contribution in [1.29, 1.82) is 0 Å². The first-order chi connectivity index (χ1) is 64.3. The number of likely N-dealkylation sites (tertiary alicyclic amines) is 1. The molecule has 0 aliphatic carbocycles. The number of amides is 3. The number of piperazine rings is 1. The lowest BCUT2D eigenvalue weighted by atomic mass is 9.98. The minimum absolute atomic E-state index is 0.117. The maximum absolute atomic E-state index is 13.8. The SMILES string of the molecule is CCOC(=O)c1cnn2ccc(-c3cccnc3-c3ccc(F)c(C)c3)cc12.Cc1cc(-c2ncccc2-c2ccn3ncc(C(=O)NCCCN4CCCC4)c3c2)ccc1F.Cc1cc(-c2ncccc2-c2ccn3ncc(C(=O)NCCCN4CCN(C)CC4)c3c2)ccc1F.Cc1cc(-c2ncccc2-c2ccn3ncc(C(=O)NCCN4CCOCC4)c3c2)ccc1F. The van der Waals surface area contributed by atoms with Gasteiger partial charge in [0.1, 0.15) is 28.8 Å². The smallest absolute Gasteiger partial charge is 0.341 e. The highest BCUT2D eigenvalue weighted by Gasteiger charge is 2.24. The first kappa shape index (κ1) is 91.0. The second-order valence-electron chi connectivity index (χ2n) is 33.0. The molecule has 674 valence electrons. The summed E-state index contributed by atoms with van der Waals surface area (Å²) in [5.74, 6) is -1.77. The summed E-state index contributed by atoms with van der Waals surface area (Å²) in [6, 6.07) is 50.9. The molecule has 3 saturated heterocycles. The van der Waals surface area contributed by atoms with Gasteiger partial charge in [0.2, 0.25) is 0 Å². The lowest BCUT2D eigenvalue weighted by Crippen LogP contribution is -2.45. The Bertz CT molecular complexity index is 6830. The monoisotopic (exact) mass is 1780 g/mol. The molecule has 0 spiro atoms. The van der Waals surface area contributed by atoms with E-state index in [9.17, 15) is 36.7 Å². The Labute approximate surface area is 762 Å². The Morgan fingerprint density at radius 3 is 1.01 bits per heavy atom. The summed E-state index contributed by atoms with van der Waals surface area (Å²) in [6.45, 7) is 23.6. The predicted molar refractivity (Wildman–Crippen MR) is 503 cm³/mol. The molecule has 0 unspecified atom stereocenters. The second kappa shape index (κ2) is 42.5. The number of aryl methyl sites for hydroxylation is 4. The summed E-state index contributed by atoms with van der Waals surface area (Å²) in [4.78, 5) is 78.7. The van der Waals surface area contributed by atoms with Gasteiger partial charge in [-0.25, -0.2) is 40.4 Å². The zero-order valence-electron chi connectivity index (χ0n) is 74.6. The van der Waals surface area contributed by atoms with Crippen molar-refractivity contribution in [3.05, 3.63) is 312 Å². The van der Waals surface area contributed by atoms with Crippen molar-refractivity contribution in [3.63, 3.8) is 0 Å². The third-order valence-electron chi connectivity index (χ3n) is 24.0. The summed E-state index contributed by atoms with van der Waals surface area (Å²) >= 11 is 0. The summed E-state index contributed by atoms with van der Waals surface area (Å²) in [5, 5.41) is 26.4. The van der Waals surface area contributed by atoms with Crippen LogP contribution in [0.3, 0.4) is 0 Å². The average molecular weight is 1780 g/mol. The minimum atomic E-state index is -0.407. The van der Waals surface area contributed by atoms with Gasteiger partial charge in [0, 0.05) is 160 Å². The number of carbonyl (C=O) groups excluding carboxylic acids is 4. The van der Waals surface area contributed by atoms with Crippen LogP contribution in [0.1, 0.15) is 96.3 Å². The van der Waals surface area contributed by atoms with Crippen molar-refractivity contribution in [2.45, 2.75) is 60.3 Å². The quantitative estimate of drug-likeness (QED) is 0.0289. The highest BCUT2D eigenvalue weighted by Crippen LogP contribution is 2.38. The van der Waals surface area contributed by atoms with E-state index in [-0.39, 0.29) is 41.0 Å². The van der Waals surface area contributed by atoms with Gasteiger partial charge in [-0.2, -0.15) is 20.4 Å². The highest BCUT2D eigenvalue weighted by atomic mass is 19.1. The number of esters is 1. The molecule has 29 heteroatoms. The van der Waals surface area contributed by atoms with Crippen molar-refractivity contribution in [3.8, 4) is 89.5 Å². The standard InChI is InChI=1S/C28H31FN6O.C27H28FN5O.C26H26FN5O2.C22H18FN3O2/c1-20-17-22(6-7-25(20)29)27-23(5-3-9-30-27)21-8-12-35-26(18-21)24(19-32-35)28(36)31-10-4-11-34-15-13-33(2)14-16-34;1-19-16-21(7-8-24(19)28)26-22(6-4-10-29-26)20-9-15-33-25(17-20)23(18-31-33)27(34)30-11-5-14-32-12-2-3-13-32;1-18-15-20(4-5-23(18)27)25-21(3-2-7-28-25)19-6-9-32-24(16-19)22(17-30-32)26(33)29-8-10-31-11-13-34-14-12-31;1-3-28-22(27)18-13-25-26-10-8-15(12-20(18)26)17-5-4-9-24-21(17)16-6-7-19(23)14(2)11-16/h3,5-9,12,17-19H,4,10-11,13-16H2,1-2H3,(H,31,36);4,6-10,15-18H,2-3,5,11-14H2,1H3,(H,30,34);2-7,9,15-17H,8,10-14H2,1H3,(H,29,33);4-13H,3H2,1-2H3. The molecule has 3 fully saturated rings. The number of ether oxygens (including phenoxy) is 2. The topological polar surface area (TPSA) is 257 Å². The van der Waals surface area contributed by atoms with Crippen molar-refractivity contribution < 1.29 is 46.2 Å². The molecule has 3 aliphatic heterocycles. The molecular weight excluding hydrogens is 1680 g/mol. The summed E-state index contributed by atoms with van der Waals surface area (Å²) in [6.07, 6.45) is 24.9. The zero-order chi connectivity index (χ0) is 91.7. The molecule has 0 atom stereocenters. The molecule has 16 aromatic rings. The molecule has 3 N–H and O–H groups in total. The number of hydrogen-bond acceptors (Lipinski definition) is 18. The molecule has 12 aromatic heterocycles. The van der Waals surface area contributed by atoms with Gasteiger partial charge in [-0.05, 0) is 284 Å². The molecule has 3 aliphatic rings. The van der Waals surface area contributed by atoms with Gasteiger partial charge in [0.05, 0.1) is 106 Å². The van der Waals surface area contributed by atoms with E-state index < -0.39 is 5.97 Å². The number of benzene rings is 4. The summed E-state index contributed by atoms with van der Waals surface area (Å²) in [5.41, 5.74) is 20.7. The second-order valence-corrected chi connectivity index (χ2v) is 33.0. The van der Waals surface area contributed by atoms with Crippen LogP contribution in [-0.2, 0) is 9.47 Å². The van der Waals surface area contributed by atoms with Crippen LogP contribution in [0.25, 0.3) is 112 Å². The zero-order valence-corrected chi connectivity index (χ0v) is 74.6. The van der Waals surface area contributed by atoms with E-state index in [1.165, 1.54) is 56.4 Å². The van der Waals surface area contributed by atoms with Gasteiger partial charge in [0.15, 0.2) is 0 Å². The lowest BCUT2D eigenvalue weighted by Gasteiger charge is -2.32. The Morgan fingerprint density at radius 2 is 0.674 bits per heavy atom. The number of morpholine rings is 1. The molecule has 19 rings (SSSR count). The number of likely N-dealkylation sites (N-methyl/N-ethyl adjacent to an activating group) is 1. The van der Waals surface area contributed by atoms with Crippen LogP contribution in [0.15, 0.2) is 244 Å².